The third kappa shape index (κ3) is 3.28. The van der Waals surface area contributed by atoms with Gasteiger partial charge in [-0.05, 0) is 24.3 Å². The molecule has 7 heteroatoms. The van der Waals surface area contributed by atoms with Gasteiger partial charge >= 0.3 is 5.97 Å². The number of carbonyl (C=O) groups excluding carboxylic acids is 2. The average molecular weight is 372 g/mol. The maximum absolute atomic E-state index is 12.9. The number of ether oxygens (including phenoxy) is 5. The molecule has 0 aliphatic carbocycles. The zero-order valence-electron chi connectivity index (χ0n) is 15.5. The van der Waals surface area contributed by atoms with Gasteiger partial charge in [-0.1, -0.05) is 6.07 Å². The Bertz CT molecular complexity index is 888. The Morgan fingerprint density at radius 1 is 0.963 bits per heavy atom. The van der Waals surface area contributed by atoms with Gasteiger partial charge in [-0.3, -0.25) is 4.79 Å². The summed E-state index contributed by atoms with van der Waals surface area (Å²) < 4.78 is 26.4. The predicted octanol–water partition coefficient (Wildman–Crippen LogP) is 3.21. The van der Waals surface area contributed by atoms with Crippen molar-refractivity contribution in [2.45, 2.75) is 12.5 Å². The summed E-state index contributed by atoms with van der Waals surface area (Å²) in [5, 5.41) is 0. The highest BCUT2D eigenvalue weighted by atomic mass is 16.6. The van der Waals surface area contributed by atoms with Crippen molar-refractivity contribution < 1.29 is 33.3 Å². The first-order valence-corrected chi connectivity index (χ1v) is 8.25. The molecule has 1 aliphatic rings. The normalized spacial score (nSPS) is 15.0. The number of ketones is 1. The Morgan fingerprint density at radius 3 is 2.30 bits per heavy atom. The van der Waals surface area contributed by atoms with E-state index in [2.05, 4.69) is 0 Å². The number of fused-ring (bicyclic) bond motifs is 1. The van der Waals surface area contributed by atoms with Gasteiger partial charge in [0.05, 0.1) is 40.4 Å². The number of esters is 1. The molecule has 1 unspecified atom stereocenters. The fourth-order valence-electron chi connectivity index (χ4n) is 3.13. The molecule has 0 N–H and O–H groups in total. The highest BCUT2D eigenvalue weighted by Gasteiger charge is 2.37. The number of methoxy groups -OCH3 is 4. The first kappa shape index (κ1) is 18.6. The fourth-order valence-corrected chi connectivity index (χ4v) is 3.13. The third-order valence-corrected chi connectivity index (χ3v) is 4.46. The van der Waals surface area contributed by atoms with Gasteiger partial charge in [0.15, 0.2) is 17.3 Å². The summed E-state index contributed by atoms with van der Waals surface area (Å²) in [5.41, 5.74) is 1.24. The van der Waals surface area contributed by atoms with Gasteiger partial charge in [0.1, 0.15) is 23.2 Å². The molecule has 0 fully saturated rings. The molecule has 0 radical (unpaired) electrons. The molecule has 2 aromatic carbocycles. The maximum Gasteiger partial charge on any atom is 0.343 e. The first-order valence-electron chi connectivity index (χ1n) is 8.25. The van der Waals surface area contributed by atoms with Crippen LogP contribution in [0.3, 0.4) is 0 Å². The Hall–Kier alpha value is -3.22. The van der Waals surface area contributed by atoms with Crippen molar-refractivity contribution in [1.29, 1.82) is 0 Å². The number of rotatable bonds is 7. The molecule has 0 bridgehead atoms. The highest BCUT2D eigenvalue weighted by Crippen LogP contribution is 2.43. The number of carbonyl (C=O) groups is 2. The van der Waals surface area contributed by atoms with Gasteiger partial charge in [0, 0.05) is 5.56 Å². The summed E-state index contributed by atoms with van der Waals surface area (Å²) in [4.78, 5) is 25.2. The number of cyclic esters (lactones) is 1. The van der Waals surface area contributed by atoms with Crippen LogP contribution in [-0.4, -0.2) is 40.2 Å². The minimum absolute atomic E-state index is 0.0300. The fraction of sp³-hybridized carbons (Fsp3) is 0.300. The average Bonchev–Trinajstić information content (AvgIpc) is 3.01. The predicted molar refractivity (Wildman–Crippen MR) is 96.2 cm³/mol. The van der Waals surface area contributed by atoms with E-state index in [1.165, 1.54) is 28.4 Å². The van der Waals surface area contributed by atoms with Crippen LogP contribution >= 0.6 is 0 Å². The van der Waals surface area contributed by atoms with Crippen molar-refractivity contribution in [2.75, 3.05) is 28.4 Å². The lowest BCUT2D eigenvalue weighted by Gasteiger charge is -2.14. The smallest absolute Gasteiger partial charge is 0.343 e. The van der Waals surface area contributed by atoms with E-state index in [4.69, 9.17) is 23.7 Å². The topological polar surface area (TPSA) is 80.3 Å². The second-order valence-electron chi connectivity index (χ2n) is 5.85. The summed E-state index contributed by atoms with van der Waals surface area (Å²) in [5.74, 6) is 0.915. The van der Waals surface area contributed by atoms with Crippen LogP contribution in [0.2, 0.25) is 0 Å². The molecule has 3 rings (SSSR count). The van der Waals surface area contributed by atoms with Crippen molar-refractivity contribution in [3.63, 3.8) is 0 Å². The van der Waals surface area contributed by atoms with Gasteiger partial charge in [0.2, 0.25) is 0 Å². The van der Waals surface area contributed by atoms with Crippen molar-refractivity contribution in [3.05, 3.63) is 47.0 Å². The van der Waals surface area contributed by atoms with Crippen LogP contribution in [0, 0.1) is 0 Å². The van der Waals surface area contributed by atoms with Crippen LogP contribution in [-0.2, 0) is 4.74 Å². The molecule has 0 amide bonds. The zero-order chi connectivity index (χ0) is 19.6. The molecule has 0 saturated heterocycles. The molecule has 1 aliphatic heterocycles. The molecular formula is C20H20O7. The second kappa shape index (κ2) is 7.57. The Morgan fingerprint density at radius 2 is 1.67 bits per heavy atom. The van der Waals surface area contributed by atoms with Gasteiger partial charge in [-0.2, -0.15) is 0 Å². The van der Waals surface area contributed by atoms with E-state index >= 15 is 0 Å². The number of hydrogen-bond acceptors (Lipinski definition) is 7. The van der Waals surface area contributed by atoms with Crippen LogP contribution < -0.4 is 18.9 Å². The summed E-state index contributed by atoms with van der Waals surface area (Å²) in [6.07, 6.45) is -0.742. The van der Waals surface area contributed by atoms with Crippen LogP contribution in [0.5, 0.6) is 23.0 Å². The second-order valence-corrected chi connectivity index (χ2v) is 5.85. The molecule has 142 valence electrons. The minimum Gasteiger partial charge on any atom is -0.497 e. The largest absolute Gasteiger partial charge is 0.497 e. The number of Topliss-reactive ketones (excluding diaryl/α,β-unsaturated/α-hetero) is 1. The standard InChI is InChI=1S/C20H20O7/c1-23-11-5-7-15(24-2)13(9-11)14(21)10-17-12-6-8-16(25-3)19(26-4)18(12)20(22)27-17/h5-9,17H,10H2,1-4H3. The lowest BCUT2D eigenvalue weighted by Crippen LogP contribution is -2.09. The molecule has 27 heavy (non-hydrogen) atoms. The first-order chi connectivity index (χ1) is 13.0. The molecule has 1 heterocycles. The summed E-state index contributed by atoms with van der Waals surface area (Å²) in [6, 6.07) is 8.37. The van der Waals surface area contributed by atoms with Crippen LogP contribution in [0.25, 0.3) is 0 Å². The number of hydrogen-bond donors (Lipinski definition) is 0. The van der Waals surface area contributed by atoms with Gasteiger partial charge < -0.3 is 23.7 Å². The third-order valence-electron chi connectivity index (χ3n) is 4.46. The summed E-state index contributed by atoms with van der Waals surface area (Å²) in [6.45, 7) is 0. The quantitative estimate of drug-likeness (QED) is 0.545. The van der Waals surface area contributed by atoms with E-state index in [-0.39, 0.29) is 17.8 Å². The van der Waals surface area contributed by atoms with Gasteiger partial charge in [-0.25, -0.2) is 4.79 Å². The van der Waals surface area contributed by atoms with E-state index < -0.39 is 12.1 Å². The molecule has 0 saturated carbocycles. The monoisotopic (exact) mass is 372 g/mol. The van der Waals surface area contributed by atoms with Crippen LogP contribution in [0.15, 0.2) is 30.3 Å². The van der Waals surface area contributed by atoms with Gasteiger partial charge in [-0.15, -0.1) is 0 Å². The zero-order valence-corrected chi connectivity index (χ0v) is 15.5. The molecule has 0 aromatic heterocycles. The minimum atomic E-state index is -0.712. The van der Waals surface area contributed by atoms with Crippen LogP contribution in [0.4, 0.5) is 0 Å². The van der Waals surface area contributed by atoms with Gasteiger partial charge in [0.25, 0.3) is 0 Å². The van der Waals surface area contributed by atoms with E-state index in [1.54, 1.807) is 30.3 Å². The summed E-state index contributed by atoms with van der Waals surface area (Å²) in [7, 11) is 5.94. The Kier molecular flexibility index (Phi) is 5.21. The Labute approximate surface area is 156 Å². The lowest BCUT2D eigenvalue weighted by molar-refractivity contribution is 0.0365. The molecule has 2 aromatic rings. The highest BCUT2D eigenvalue weighted by molar-refractivity contribution is 6.02. The maximum atomic E-state index is 12.9. The van der Waals surface area contributed by atoms with Crippen molar-refractivity contribution in [1.82, 2.24) is 0 Å². The molecular weight excluding hydrogens is 352 g/mol. The molecule has 7 nitrogen and oxygen atoms in total. The molecule has 1 atom stereocenters. The molecule has 0 spiro atoms. The van der Waals surface area contributed by atoms with Crippen molar-refractivity contribution >= 4 is 11.8 Å². The Balaban J connectivity index is 1.93. The SMILES string of the molecule is COc1ccc(OC)c(C(=O)CC2OC(=O)c3c2ccc(OC)c3OC)c1. The van der Waals surface area contributed by atoms with Crippen LogP contribution in [0.1, 0.15) is 38.8 Å². The lowest BCUT2D eigenvalue weighted by atomic mass is 9.97. The van der Waals surface area contributed by atoms with E-state index in [9.17, 15) is 9.59 Å². The summed E-state index contributed by atoms with van der Waals surface area (Å²) >= 11 is 0. The van der Waals surface area contributed by atoms with E-state index in [1.807, 2.05) is 0 Å². The van der Waals surface area contributed by atoms with E-state index in [0.29, 0.717) is 34.1 Å². The van der Waals surface area contributed by atoms with E-state index in [0.717, 1.165) is 0 Å². The van der Waals surface area contributed by atoms with Crippen molar-refractivity contribution in [2.24, 2.45) is 0 Å². The van der Waals surface area contributed by atoms with Crippen molar-refractivity contribution in [3.8, 4) is 23.0 Å². The number of benzene rings is 2.